The third-order valence-corrected chi connectivity index (χ3v) is 5.01. The molecule has 6 heteroatoms. The molecule has 1 saturated heterocycles. The number of Topliss-reactive ketones (excluding diaryl/α,β-unsaturated/α-hetero) is 1. The van der Waals surface area contributed by atoms with E-state index in [2.05, 4.69) is 0 Å². The molecule has 0 aliphatic carbocycles. The quantitative estimate of drug-likeness (QED) is 0.819. The highest BCUT2D eigenvalue weighted by atomic mass is 16.5. The number of carbonyl (C=O) groups is 2. The van der Waals surface area contributed by atoms with E-state index in [-0.39, 0.29) is 18.1 Å². The van der Waals surface area contributed by atoms with Crippen LogP contribution in [0.2, 0.25) is 0 Å². The molecule has 2 aliphatic heterocycles. The molecule has 0 unspecified atom stereocenters. The lowest BCUT2D eigenvalue weighted by Gasteiger charge is -2.36. The standard InChI is InChI=1S/C19H25NO5/c1-19(9-8-16(22)20-10-4-5-11-20)12-14(21)13-6-7-15(23-2)18(24-3)17(13)25-19/h6-7H,4-5,8-12H2,1-3H3/t19-/m0/s1. The molecule has 1 aromatic rings. The SMILES string of the molecule is COc1ccc2c(c1OC)O[C@@](C)(CCC(=O)N1CCCC1)CC2=O. The van der Waals surface area contributed by atoms with Crippen LogP contribution in [0.4, 0.5) is 0 Å². The third kappa shape index (κ3) is 3.43. The number of rotatable bonds is 5. The van der Waals surface area contributed by atoms with Crippen LogP contribution >= 0.6 is 0 Å². The van der Waals surface area contributed by atoms with Crippen LogP contribution in [0.1, 0.15) is 49.4 Å². The Bertz CT molecular complexity index is 681. The normalized spacial score (nSPS) is 22.4. The van der Waals surface area contributed by atoms with Crippen molar-refractivity contribution in [3.63, 3.8) is 0 Å². The third-order valence-electron chi connectivity index (χ3n) is 5.01. The van der Waals surface area contributed by atoms with Gasteiger partial charge >= 0.3 is 0 Å². The molecule has 1 amide bonds. The highest BCUT2D eigenvalue weighted by molar-refractivity contribution is 6.01. The summed E-state index contributed by atoms with van der Waals surface area (Å²) in [4.78, 5) is 26.8. The Balaban J connectivity index is 1.78. The Hall–Kier alpha value is -2.24. The summed E-state index contributed by atoms with van der Waals surface area (Å²) in [6.45, 7) is 3.55. The average molecular weight is 347 g/mol. The van der Waals surface area contributed by atoms with Crippen molar-refractivity contribution in [2.24, 2.45) is 0 Å². The number of hydrogen-bond donors (Lipinski definition) is 0. The van der Waals surface area contributed by atoms with Crippen molar-refractivity contribution < 1.29 is 23.8 Å². The summed E-state index contributed by atoms with van der Waals surface area (Å²) < 4.78 is 16.9. The van der Waals surface area contributed by atoms with E-state index in [4.69, 9.17) is 14.2 Å². The highest BCUT2D eigenvalue weighted by Crippen LogP contribution is 2.46. The summed E-state index contributed by atoms with van der Waals surface area (Å²) in [6, 6.07) is 3.41. The van der Waals surface area contributed by atoms with Gasteiger partial charge in [-0.3, -0.25) is 9.59 Å². The zero-order valence-electron chi connectivity index (χ0n) is 15.1. The van der Waals surface area contributed by atoms with Gasteiger partial charge in [0, 0.05) is 19.5 Å². The number of nitrogens with zero attached hydrogens (tertiary/aromatic N) is 1. The number of amides is 1. The molecule has 25 heavy (non-hydrogen) atoms. The summed E-state index contributed by atoms with van der Waals surface area (Å²) >= 11 is 0. The number of carbonyl (C=O) groups excluding carboxylic acids is 2. The average Bonchev–Trinajstić information content (AvgIpc) is 3.13. The number of fused-ring (bicyclic) bond motifs is 1. The molecular weight excluding hydrogens is 322 g/mol. The van der Waals surface area contributed by atoms with Gasteiger partial charge in [0.2, 0.25) is 11.7 Å². The first-order valence-corrected chi connectivity index (χ1v) is 8.72. The number of benzene rings is 1. The van der Waals surface area contributed by atoms with E-state index in [1.807, 2.05) is 11.8 Å². The van der Waals surface area contributed by atoms with Crippen LogP contribution in [-0.2, 0) is 4.79 Å². The number of likely N-dealkylation sites (tertiary alicyclic amines) is 1. The van der Waals surface area contributed by atoms with Gasteiger partial charge in [-0.15, -0.1) is 0 Å². The van der Waals surface area contributed by atoms with Crippen LogP contribution in [0.15, 0.2) is 12.1 Å². The second-order valence-corrected chi connectivity index (χ2v) is 6.92. The maximum absolute atomic E-state index is 12.6. The minimum absolute atomic E-state index is 0.00155. The van der Waals surface area contributed by atoms with Crippen molar-refractivity contribution in [3.05, 3.63) is 17.7 Å². The fraction of sp³-hybridized carbons (Fsp3) is 0.579. The van der Waals surface area contributed by atoms with Gasteiger partial charge in [-0.05, 0) is 38.3 Å². The molecule has 136 valence electrons. The molecule has 0 radical (unpaired) electrons. The van der Waals surface area contributed by atoms with Gasteiger partial charge in [0.25, 0.3) is 0 Å². The first-order valence-electron chi connectivity index (χ1n) is 8.72. The van der Waals surface area contributed by atoms with Crippen molar-refractivity contribution in [3.8, 4) is 17.2 Å². The van der Waals surface area contributed by atoms with E-state index in [0.29, 0.717) is 35.7 Å². The molecule has 1 aromatic carbocycles. The fourth-order valence-electron chi connectivity index (χ4n) is 3.57. The minimum atomic E-state index is -0.723. The molecule has 0 N–H and O–H groups in total. The van der Waals surface area contributed by atoms with Gasteiger partial charge in [-0.25, -0.2) is 0 Å². The lowest BCUT2D eigenvalue weighted by molar-refractivity contribution is -0.131. The van der Waals surface area contributed by atoms with Crippen molar-refractivity contribution >= 4 is 11.7 Å². The van der Waals surface area contributed by atoms with Crippen molar-refractivity contribution in [1.29, 1.82) is 0 Å². The fourth-order valence-corrected chi connectivity index (χ4v) is 3.57. The Labute approximate surface area is 148 Å². The van der Waals surface area contributed by atoms with Gasteiger partial charge in [-0.2, -0.15) is 0 Å². The topological polar surface area (TPSA) is 65.1 Å². The van der Waals surface area contributed by atoms with Crippen LogP contribution in [0.3, 0.4) is 0 Å². The van der Waals surface area contributed by atoms with E-state index in [1.165, 1.54) is 7.11 Å². The van der Waals surface area contributed by atoms with Crippen LogP contribution in [0, 0.1) is 0 Å². The maximum atomic E-state index is 12.6. The number of ketones is 1. The van der Waals surface area contributed by atoms with Crippen molar-refractivity contribution in [1.82, 2.24) is 4.90 Å². The zero-order valence-corrected chi connectivity index (χ0v) is 15.1. The second-order valence-electron chi connectivity index (χ2n) is 6.92. The predicted octanol–water partition coefficient (Wildman–Crippen LogP) is 2.83. The molecule has 0 bridgehead atoms. The smallest absolute Gasteiger partial charge is 0.222 e. The van der Waals surface area contributed by atoms with Gasteiger partial charge < -0.3 is 19.1 Å². The van der Waals surface area contributed by atoms with Crippen LogP contribution in [-0.4, -0.2) is 49.5 Å². The number of ether oxygens (including phenoxy) is 3. The molecule has 2 heterocycles. The summed E-state index contributed by atoms with van der Waals surface area (Å²) in [5, 5.41) is 0. The largest absolute Gasteiger partial charge is 0.493 e. The van der Waals surface area contributed by atoms with Crippen LogP contribution < -0.4 is 14.2 Å². The predicted molar refractivity (Wildman–Crippen MR) is 92.6 cm³/mol. The van der Waals surface area contributed by atoms with Crippen molar-refractivity contribution in [2.75, 3.05) is 27.3 Å². The Kier molecular flexibility index (Phi) is 4.88. The molecule has 0 saturated carbocycles. The first-order chi connectivity index (χ1) is 12.0. The van der Waals surface area contributed by atoms with Crippen molar-refractivity contribution in [2.45, 2.75) is 44.6 Å². The molecule has 0 spiro atoms. The Morgan fingerprint density at radius 1 is 1.24 bits per heavy atom. The van der Waals surface area contributed by atoms with E-state index < -0.39 is 5.60 Å². The minimum Gasteiger partial charge on any atom is -0.493 e. The van der Waals surface area contributed by atoms with Gasteiger partial charge in [-0.1, -0.05) is 0 Å². The Morgan fingerprint density at radius 2 is 1.96 bits per heavy atom. The first kappa shape index (κ1) is 17.6. The lowest BCUT2D eigenvalue weighted by Crippen LogP contribution is -2.40. The monoisotopic (exact) mass is 347 g/mol. The summed E-state index contributed by atoms with van der Waals surface area (Å²) in [5.74, 6) is 1.49. The van der Waals surface area contributed by atoms with E-state index >= 15 is 0 Å². The lowest BCUT2D eigenvalue weighted by atomic mass is 9.87. The molecular formula is C19H25NO5. The summed E-state index contributed by atoms with van der Waals surface area (Å²) in [5.41, 5.74) is -0.222. The molecule has 1 fully saturated rings. The van der Waals surface area contributed by atoms with Gasteiger partial charge in [0.15, 0.2) is 17.3 Å². The molecule has 2 aliphatic rings. The summed E-state index contributed by atoms with van der Waals surface area (Å²) in [7, 11) is 3.07. The van der Waals surface area contributed by atoms with E-state index in [0.717, 1.165) is 25.9 Å². The number of methoxy groups -OCH3 is 2. The molecule has 1 atom stereocenters. The van der Waals surface area contributed by atoms with Crippen LogP contribution in [0.5, 0.6) is 17.2 Å². The zero-order chi connectivity index (χ0) is 18.0. The molecule has 0 aromatic heterocycles. The molecule has 6 nitrogen and oxygen atoms in total. The molecule has 3 rings (SSSR count). The van der Waals surface area contributed by atoms with Crippen LogP contribution in [0.25, 0.3) is 0 Å². The van der Waals surface area contributed by atoms with Gasteiger partial charge in [0.05, 0.1) is 26.2 Å². The maximum Gasteiger partial charge on any atom is 0.222 e. The summed E-state index contributed by atoms with van der Waals surface area (Å²) in [6.07, 6.45) is 3.27. The van der Waals surface area contributed by atoms with E-state index in [9.17, 15) is 9.59 Å². The van der Waals surface area contributed by atoms with E-state index in [1.54, 1.807) is 19.2 Å². The van der Waals surface area contributed by atoms with Gasteiger partial charge in [0.1, 0.15) is 5.60 Å². The Morgan fingerprint density at radius 3 is 2.60 bits per heavy atom. The number of hydrogen-bond acceptors (Lipinski definition) is 5. The highest BCUT2D eigenvalue weighted by Gasteiger charge is 2.39. The second kappa shape index (κ2) is 6.94.